The molecule has 0 aliphatic carbocycles. The van der Waals surface area contributed by atoms with Crippen molar-refractivity contribution in [3.63, 3.8) is 0 Å². The predicted octanol–water partition coefficient (Wildman–Crippen LogP) is 1.70. The Morgan fingerprint density at radius 2 is 2.31 bits per heavy atom. The maximum atomic E-state index is 5.96. The Hall–Kier alpha value is -0.930. The van der Waals surface area contributed by atoms with Crippen LogP contribution >= 0.6 is 0 Å². The van der Waals surface area contributed by atoms with Crippen LogP contribution in [0.15, 0.2) is 18.2 Å². The topological polar surface area (TPSA) is 42.1 Å². The van der Waals surface area contributed by atoms with Crippen molar-refractivity contribution in [2.24, 2.45) is 5.73 Å². The zero-order valence-corrected chi connectivity index (χ0v) is 10.2. The van der Waals surface area contributed by atoms with Gasteiger partial charge in [-0.05, 0) is 38.8 Å². The Balaban J connectivity index is 1.99. The second kappa shape index (κ2) is 4.93. The van der Waals surface area contributed by atoms with E-state index in [1.165, 1.54) is 5.69 Å². The van der Waals surface area contributed by atoms with Crippen molar-refractivity contribution in [2.75, 3.05) is 6.54 Å². The molecular formula is C13H21N3. The van der Waals surface area contributed by atoms with E-state index in [0.717, 1.165) is 31.6 Å². The minimum atomic E-state index is 0.386. The molecule has 1 aliphatic heterocycles. The molecule has 1 aromatic heterocycles. The highest BCUT2D eigenvalue weighted by Gasteiger charge is 2.23. The van der Waals surface area contributed by atoms with Crippen LogP contribution in [0, 0.1) is 6.92 Å². The molecule has 1 aromatic rings. The number of hydrogen-bond donors (Lipinski definition) is 1. The zero-order valence-electron chi connectivity index (χ0n) is 10.2. The van der Waals surface area contributed by atoms with Crippen molar-refractivity contribution in [1.29, 1.82) is 0 Å². The van der Waals surface area contributed by atoms with Gasteiger partial charge in [0.15, 0.2) is 0 Å². The largest absolute Gasteiger partial charge is 0.328 e. The van der Waals surface area contributed by atoms with Crippen LogP contribution in [-0.2, 0) is 6.54 Å². The van der Waals surface area contributed by atoms with Crippen LogP contribution in [-0.4, -0.2) is 28.5 Å². The van der Waals surface area contributed by atoms with E-state index in [1.54, 1.807) is 0 Å². The van der Waals surface area contributed by atoms with Crippen LogP contribution in [0.25, 0.3) is 0 Å². The summed E-state index contributed by atoms with van der Waals surface area (Å²) in [5.74, 6) is 0. The molecule has 3 heteroatoms. The Kier molecular flexibility index (Phi) is 3.56. The first kappa shape index (κ1) is 11.6. The van der Waals surface area contributed by atoms with Crippen molar-refractivity contribution in [1.82, 2.24) is 9.88 Å². The van der Waals surface area contributed by atoms with Gasteiger partial charge in [-0.1, -0.05) is 6.07 Å². The number of hydrogen-bond acceptors (Lipinski definition) is 3. The SMILES string of the molecule is Cc1cccc(CN2CCC(N)CC2C)n1. The van der Waals surface area contributed by atoms with Crippen LogP contribution in [0.5, 0.6) is 0 Å². The lowest BCUT2D eigenvalue weighted by Gasteiger charge is -2.36. The lowest BCUT2D eigenvalue weighted by atomic mass is 9.99. The van der Waals surface area contributed by atoms with Gasteiger partial charge in [0.05, 0.1) is 5.69 Å². The highest BCUT2D eigenvalue weighted by molar-refractivity contribution is 5.10. The first-order chi connectivity index (χ1) is 7.65. The van der Waals surface area contributed by atoms with Crippen LogP contribution in [0.3, 0.4) is 0 Å². The molecule has 88 valence electrons. The molecule has 0 aromatic carbocycles. The molecule has 0 radical (unpaired) electrons. The molecule has 0 spiro atoms. The lowest BCUT2D eigenvalue weighted by molar-refractivity contribution is 0.138. The second-order valence-electron chi connectivity index (χ2n) is 4.87. The standard InChI is InChI=1S/C13H21N3/c1-10-4-3-5-13(15-10)9-16-7-6-12(14)8-11(16)2/h3-5,11-12H,6-9,14H2,1-2H3. The van der Waals surface area contributed by atoms with Gasteiger partial charge >= 0.3 is 0 Å². The van der Waals surface area contributed by atoms with Crippen molar-refractivity contribution < 1.29 is 0 Å². The van der Waals surface area contributed by atoms with E-state index in [1.807, 2.05) is 13.0 Å². The van der Waals surface area contributed by atoms with E-state index in [-0.39, 0.29) is 0 Å². The maximum Gasteiger partial charge on any atom is 0.0547 e. The van der Waals surface area contributed by atoms with Crippen molar-refractivity contribution >= 4 is 0 Å². The van der Waals surface area contributed by atoms with E-state index in [2.05, 4.69) is 28.9 Å². The quantitative estimate of drug-likeness (QED) is 0.823. The summed E-state index contributed by atoms with van der Waals surface area (Å²) in [5, 5.41) is 0. The molecule has 2 atom stereocenters. The molecule has 0 amide bonds. The zero-order chi connectivity index (χ0) is 11.5. The predicted molar refractivity (Wildman–Crippen MR) is 66.1 cm³/mol. The molecule has 0 bridgehead atoms. The van der Waals surface area contributed by atoms with Crippen LogP contribution < -0.4 is 5.73 Å². The van der Waals surface area contributed by atoms with Crippen molar-refractivity contribution in [3.8, 4) is 0 Å². The fraction of sp³-hybridized carbons (Fsp3) is 0.615. The Morgan fingerprint density at radius 3 is 3.00 bits per heavy atom. The molecule has 1 fully saturated rings. The highest BCUT2D eigenvalue weighted by atomic mass is 15.2. The number of rotatable bonds is 2. The van der Waals surface area contributed by atoms with Gasteiger partial charge < -0.3 is 5.73 Å². The maximum absolute atomic E-state index is 5.96. The summed E-state index contributed by atoms with van der Waals surface area (Å²) < 4.78 is 0. The second-order valence-corrected chi connectivity index (χ2v) is 4.87. The Morgan fingerprint density at radius 1 is 1.50 bits per heavy atom. The van der Waals surface area contributed by atoms with E-state index >= 15 is 0 Å². The van der Waals surface area contributed by atoms with E-state index in [4.69, 9.17) is 5.73 Å². The Labute approximate surface area is 97.7 Å². The summed E-state index contributed by atoms with van der Waals surface area (Å²) in [6.07, 6.45) is 2.21. The smallest absolute Gasteiger partial charge is 0.0547 e. The molecule has 16 heavy (non-hydrogen) atoms. The third kappa shape index (κ3) is 2.80. The summed E-state index contributed by atoms with van der Waals surface area (Å²) in [4.78, 5) is 7.03. The molecule has 1 aliphatic rings. The Bertz CT molecular complexity index is 351. The normalized spacial score (nSPS) is 26.9. The summed E-state index contributed by atoms with van der Waals surface area (Å²) in [6.45, 7) is 6.35. The fourth-order valence-corrected chi connectivity index (χ4v) is 2.39. The number of nitrogens with zero attached hydrogens (tertiary/aromatic N) is 2. The molecular weight excluding hydrogens is 198 g/mol. The number of piperidine rings is 1. The third-order valence-corrected chi connectivity index (χ3v) is 3.37. The molecule has 0 saturated carbocycles. The van der Waals surface area contributed by atoms with E-state index in [9.17, 15) is 0 Å². The summed E-state index contributed by atoms with van der Waals surface area (Å²) >= 11 is 0. The molecule has 1 saturated heterocycles. The van der Waals surface area contributed by atoms with Gasteiger partial charge in [-0.2, -0.15) is 0 Å². The molecule has 2 heterocycles. The minimum Gasteiger partial charge on any atom is -0.328 e. The monoisotopic (exact) mass is 219 g/mol. The summed E-state index contributed by atoms with van der Waals surface area (Å²) in [7, 11) is 0. The first-order valence-electron chi connectivity index (χ1n) is 6.07. The average Bonchev–Trinajstić information content (AvgIpc) is 2.22. The van der Waals surface area contributed by atoms with Crippen molar-refractivity contribution in [2.45, 2.75) is 45.3 Å². The number of aryl methyl sites for hydroxylation is 1. The van der Waals surface area contributed by atoms with Gasteiger partial charge in [-0.25, -0.2) is 0 Å². The van der Waals surface area contributed by atoms with Gasteiger partial charge in [-0.3, -0.25) is 9.88 Å². The summed E-state index contributed by atoms with van der Waals surface area (Å²) in [5.41, 5.74) is 8.23. The number of pyridine rings is 1. The van der Waals surface area contributed by atoms with Gasteiger partial charge in [0.1, 0.15) is 0 Å². The van der Waals surface area contributed by atoms with Gasteiger partial charge in [-0.15, -0.1) is 0 Å². The molecule has 2 unspecified atom stereocenters. The van der Waals surface area contributed by atoms with E-state index in [0.29, 0.717) is 12.1 Å². The van der Waals surface area contributed by atoms with Crippen LogP contribution in [0.1, 0.15) is 31.2 Å². The number of likely N-dealkylation sites (tertiary alicyclic amines) is 1. The molecule has 3 nitrogen and oxygen atoms in total. The van der Waals surface area contributed by atoms with Crippen LogP contribution in [0.2, 0.25) is 0 Å². The first-order valence-corrected chi connectivity index (χ1v) is 6.07. The third-order valence-electron chi connectivity index (χ3n) is 3.37. The lowest BCUT2D eigenvalue weighted by Crippen LogP contribution is -2.45. The molecule has 2 N–H and O–H groups in total. The number of aromatic nitrogens is 1. The van der Waals surface area contributed by atoms with Crippen LogP contribution in [0.4, 0.5) is 0 Å². The van der Waals surface area contributed by atoms with E-state index < -0.39 is 0 Å². The van der Waals surface area contributed by atoms with Crippen molar-refractivity contribution in [3.05, 3.63) is 29.6 Å². The molecule has 2 rings (SSSR count). The minimum absolute atomic E-state index is 0.386. The average molecular weight is 219 g/mol. The van der Waals surface area contributed by atoms with Gasteiger partial charge in [0.2, 0.25) is 0 Å². The van der Waals surface area contributed by atoms with Gasteiger partial charge in [0, 0.05) is 30.9 Å². The summed E-state index contributed by atoms with van der Waals surface area (Å²) in [6, 6.07) is 7.19. The van der Waals surface area contributed by atoms with Gasteiger partial charge in [0.25, 0.3) is 0 Å². The highest BCUT2D eigenvalue weighted by Crippen LogP contribution is 2.18. The number of nitrogens with two attached hydrogens (primary N) is 1. The fourth-order valence-electron chi connectivity index (χ4n) is 2.39.